The van der Waals surface area contributed by atoms with E-state index >= 15 is 0 Å². The lowest BCUT2D eigenvalue weighted by Gasteiger charge is -2.28. The molecule has 1 aliphatic heterocycles. The van der Waals surface area contributed by atoms with E-state index in [1.807, 2.05) is 13.0 Å². The molecule has 1 aromatic rings. The second-order valence-corrected chi connectivity index (χ2v) is 5.89. The Morgan fingerprint density at radius 3 is 3.10 bits per heavy atom. The van der Waals surface area contributed by atoms with E-state index in [0.29, 0.717) is 13.0 Å². The zero-order valence-corrected chi connectivity index (χ0v) is 11.8. The third-order valence-electron chi connectivity index (χ3n) is 4.52. The quantitative estimate of drug-likeness (QED) is 0.882. The predicted octanol–water partition coefficient (Wildman–Crippen LogP) is 1.99. The van der Waals surface area contributed by atoms with E-state index in [-0.39, 0.29) is 6.10 Å². The summed E-state index contributed by atoms with van der Waals surface area (Å²) in [5, 5.41) is 13.1. The van der Waals surface area contributed by atoms with Crippen molar-refractivity contribution in [3.05, 3.63) is 34.9 Å². The van der Waals surface area contributed by atoms with Crippen molar-refractivity contribution in [1.82, 2.24) is 5.32 Å². The first-order valence-corrected chi connectivity index (χ1v) is 7.32. The van der Waals surface area contributed by atoms with Crippen LogP contribution in [0.4, 0.5) is 0 Å². The number of fused-ring (bicyclic) bond motifs is 1. The summed E-state index contributed by atoms with van der Waals surface area (Å²) in [4.78, 5) is 11.9. The first-order valence-electron chi connectivity index (χ1n) is 7.32. The molecule has 1 heterocycles. The molecule has 1 aliphatic carbocycles. The van der Waals surface area contributed by atoms with Crippen molar-refractivity contribution in [3.63, 3.8) is 0 Å². The number of hydrogen-bond donors (Lipinski definition) is 2. The largest absolute Gasteiger partial charge is 0.480 e. The summed E-state index contributed by atoms with van der Waals surface area (Å²) in [7, 11) is 0. The molecule has 0 spiro atoms. The van der Waals surface area contributed by atoms with Gasteiger partial charge in [-0.15, -0.1) is 0 Å². The first-order chi connectivity index (χ1) is 9.62. The number of nitrogens with one attached hydrogen (secondary N) is 1. The highest BCUT2D eigenvalue weighted by molar-refractivity contribution is 5.82. The van der Waals surface area contributed by atoms with Crippen molar-refractivity contribution in [2.75, 3.05) is 13.2 Å². The van der Waals surface area contributed by atoms with Crippen LogP contribution >= 0.6 is 0 Å². The summed E-state index contributed by atoms with van der Waals surface area (Å²) in [6.07, 6.45) is 3.68. The molecule has 108 valence electrons. The minimum Gasteiger partial charge on any atom is -0.480 e. The van der Waals surface area contributed by atoms with Crippen molar-refractivity contribution < 1.29 is 14.6 Å². The molecular formula is C16H21NO3. The van der Waals surface area contributed by atoms with E-state index in [2.05, 4.69) is 17.4 Å². The molecule has 0 aromatic heterocycles. The van der Waals surface area contributed by atoms with Crippen LogP contribution < -0.4 is 5.32 Å². The van der Waals surface area contributed by atoms with Crippen molar-refractivity contribution in [2.24, 2.45) is 0 Å². The first kappa shape index (κ1) is 13.6. The normalized spacial score (nSPS) is 28.6. The SMILES string of the molecule is Cc1ccc2c(c1)C(NCC1CCCO1)(C(=O)O)CC2. The summed E-state index contributed by atoms with van der Waals surface area (Å²) in [5.41, 5.74) is 2.25. The van der Waals surface area contributed by atoms with Gasteiger partial charge in [0.05, 0.1) is 6.10 Å². The standard InChI is InChI=1S/C16H21NO3/c1-11-4-5-12-6-7-16(15(18)19,14(12)9-11)17-10-13-3-2-8-20-13/h4-5,9,13,17H,2-3,6-8,10H2,1H3,(H,18,19). The molecule has 1 fully saturated rings. The number of rotatable bonds is 4. The van der Waals surface area contributed by atoms with Gasteiger partial charge in [-0.1, -0.05) is 23.8 Å². The second-order valence-electron chi connectivity index (χ2n) is 5.89. The second kappa shape index (κ2) is 5.19. The third kappa shape index (κ3) is 2.23. The number of hydrogen-bond acceptors (Lipinski definition) is 3. The lowest BCUT2D eigenvalue weighted by molar-refractivity contribution is -0.145. The number of aryl methyl sites for hydroxylation is 2. The molecule has 2 aliphatic rings. The van der Waals surface area contributed by atoms with Gasteiger partial charge < -0.3 is 9.84 Å². The molecule has 2 unspecified atom stereocenters. The van der Waals surface area contributed by atoms with Gasteiger partial charge >= 0.3 is 5.97 Å². The minimum atomic E-state index is -0.937. The fourth-order valence-corrected chi connectivity index (χ4v) is 3.34. The average Bonchev–Trinajstić information content (AvgIpc) is 3.04. The van der Waals surface area contributed by atoms with Crippen LogP contribution in [-0.2, 0) is 21.5 Å². The van der Waals surface area contributed by atoms with Gasteiger partial charge in [-0.05, 0) is 43.7 Å². The van der Waals surface area contributed by atoms with E-state index in [1.54, 1.807) is 0 Å². The Labute approximate surface area is 119 Å². The molecule has 3 rings (SSSR count). The zero-order chi connectivity index (χ0) is 14.2. The predicted molar refractivity (Wildman–Crippen MR) is 75.8 cm³/mol. The highest BCUT2D eigenvalue weighted by Gasteiger charge is 2.45. The number of carboxylic acid groups (broad SMARTS) is 1. The van der Waals surface area contributed by atoms with E-state index in [1.165, 1.54) is 0 Å². The van der Waals surface area contributed by atoms with E-state index in [0.717, 1.165) is 42.6 Å². The fraction of sp³-hybridized carbons (Fsp3) is 0.562. The van der Waals surface area contributed by atoms with Crippen LogP contribution in [-0.4, -0.2) is 30.3 Å². The Morgan fingerprint density at radius 2 is 2.40 bits per heavy atom. The van der Waals surface area contributed by atoms with Gasteiger partial charge in [0.1, 0.15) is 5.54 Å². The van der Waals surface area contributed by atoms with Crippen LogP contribution in [0.5, 0.6) is 0 Å². The Hall–Kier alpha value is -1.39. The summed E-state index contributed by atoms with van der Waals surface area (Å²) in [5.74, 6) is -0.778. The van der Waals surface area contributed by atoms with Crippen LogP contribution in [0.3, 0.4) is 0 Å². The van der Waals surface area contributed by atoms with Crippen molar-refractivity contribution in [1.29, 1.82) is 0 Å². The van der Waals surface area contributed by atoms with Crippen LogP contribution in [0, 0.1) is 6.92 Å². The molecular weight excluding hydrogens is 254 g/mol. The van der Waals surface area contributed by atoms with Gasteiger partial charge in [-0.2, -0.15) is 0 Å². The molecule has 4 nitrogen and oxygen atoms in total. The maximum absolute atomic E-state index is 11.9. The molecule has 0 saturated carbocycles. The van der Waals surface area contributed by atoms with Gasteiger partial charge in [0.25, 0.3) is 0 Å². The summed E-state index contributed by atoms with van der Waals surface area (Å²) in [6, 6.07) is 6.12. The van der Waals surface area contributed by atoms with Crippen LogP contribution in [0.1, 0.15) is 36.0 Å². The van der Waals surface area contributed by atoms with Gasteiger partial charge in [-0.3, -0.25) is 5.32 Å². The smallest absolute Gasteiger partial charge is 0.328 e. The molecule has 20 heavy (non-hydrogen) atoms. The molecule has 0 radical (unpaired) electrons. The lowest BCUT2D eigenvalue weighted by atomic mass is 9.90. The average molecular weight is 275 g/mol. The number of carbonyl (C=O) groups is 1. The molecule has 1 aromatic carbocycles. The number of carboxylic acids is 1. The van der Waals surface area contributed by atoms with E-state index < -0.39 is 11.5 Å². The number of benzene rings is 1. The molecule has 0 bridgehead atoms. The van der Waals surface area contributed by atoms with Crippen molar-refractivity contribution in [2.45, 2.75) is 44.2 Å². The van der Waals surface area contributed by atoms with E-state index in [4.69, 9.17) is 4.74 Å². The van der Waals surface area contributed by atoms with Gasteiger partial charge in [0, 0.05) is 13.2 Å². The van der Waals surface area contributed by atoms with Crippen molar-refractivity contribution >= 4 is 5.97 Å². The molecule has 1 saturated heterocycles. The molecule has 4 heteroatoms. The fourth-order valence-electron chi connectivity index (χ4n) is 3.34. The molecule has 2 atom stereocenters. The molecule has 0 amide bonds. The van der Waals surface area contributed by atoms with Crippen LogP contribution in [0.2, 0.25) is 0 Å². The van der Waals surface area contributed by atoms with Crippen molar-refractivity contribution in [3.8, 4) is 0 Å². The topological polar surface area (TPSA) is 58.6 Å². The van der Waals surface area contributed by atoms with Gasteiger partial charge in [-0.25, -0.2) is 4.79 Å². The Bertz CT molecular complexity index is 522. The molecule has 2 N–H and O–H groups in total. The number of aliphatic carboxylic acids is 1. The minimum absolute atomic E-state index is 0.153. The monoisotopic (exact) mass is 275 g/mol. The Balaban J connectivity index is 1.86. The maximum Gasteiger partial charge on any atom is 0.328 e. The van der Waals surface area contributed by atoms with Gasteiger partial charge in [0.15, 0.2) is 0 Å². The summed E-state index contributed by atoms with van der Waals surface area (Å²) < 4.78 is 5.59. The van der Waals surface area contributed by atoms with Crippen LogP contribution in [0.25, 0.3) is 0 Å². The summed E-state index contributed by atoms with van der Waals surface area (Å²) >= 11 is 0. The van der Waals surface area contributed by atoms with E-state index in [9.17, 15) is 9.90 Å². The van der Waals surface area contributed by atoms with Crippen LogP contribution in [0.15, 0.2) is 18.2 Å². The Kier molecular flexibility index (Phi) is 3.52. The third-order valence-corrected chi connectivity index (χ3v) is 4.52. The summed E-state index contributed by atoms with van der Waals surface area (Å²) in [6.45, 7) is 3.41. The lowest BCUT2D eigenvalue weighted by Crippen LogP contribution is -2.50. The maximum atomic E-state index is 11.9. The highest BCUT2D eigenvalue weighted by atomic mass is 16.5. The zero-order valence-electron chi connectivity index (χ0n) is 11.8. The Morgan fingerprint density at radius 1 is 1.55 bits per heavy atom. The number of ether oxygens (including phenoxy) is 1. The van der Waals surface area contributed by atoms with Gasteiger partial charge in [0.2, 0.25) is 0 Å². The highest BCUT2D eigenvalue weighted by Crippen LogP contribution is 2.38.